The number of nitrogens with one attached hydrogen (secondary N) is 1. The molecule has 2 nitrogen and oxygen atoms in total. The van der Waals surface area contributed by atoms with Crippen molar-refractivity contribution in [3.8, 4) is 0 Å². The summed E-state index contributed by atoms with van der Waals surface area (Å²) < 4.78 is 14.1. The largest absolute Gasteiger partial charge is 0.366 e. The highest BCUT2D eigenvalue weighted by Crippen LogP contribution is 2.29. The van der Waals surface area contributed by atoms with Crippen LogP contribution in [-0.2, 0) is 6.54 Å². The van der Waals surface area contributed by atoms with Crippen LogP contribution in [0.3, 0.4) is 0 Å². The van der Waals surface area contributed by atoms with E-state index in [9.17, 15) is 4.39 Å². The molecule has 2 rings (SSSR count). The summed E-state index contributed by atoms with van der Waals surface area (Å²) in [6, 6.07) is 6.10. The van der Waals surface area contributed by atoms with Crippen molar-refractivity contribution in [2.75, 3.05) is 18.5 Å². The van der Waals surface area contributed by atoms with E-state index in [1.807, 2.05) is 19.2 Å². The molecular formula is C14H21FN2. The van der Waals surface area contributed by atoms with Crippen LogP contribution in [0.1, 0.15) is 31.7 Å². The van der Waals surface area contributed by atoms with E-state index in [2.05, 4.69) is 17.1 Å². The van der Waals surface area contributed by atoms with E-state index < -0.39 is 0 Å². The maximum Gasteiger partial charge on any atom is 0.146 e. The molecule has 3 heteroatoms. The first-order valence-corrected chi connectivity index (χ1v) is 6.46. The van der Waals surface area contributed by atoms with Crippen LogP contribution in [0.2, 0.25) is 0 Å². The summed E-state index contributed by atoms with van der Waals surface area (Å²) in [6.07, 6.45) is 3.46. The van der Waals surface area contributed by atoms with E-state index in [0.29, 0.717) is 12.6 Å². The Kier molecular flexibility index (Phi) is 4.00. The van der Waals surface area contributed by atoms with Crippen LogP contribution in [0, 0.1) is 5.82 Å². The summed E-state index contributed by atoms with van der Waals surface area (Å²) in [5, 5.41) is 3.04. The Labute approximate surface area is 103 Å². The van der Waals surface area contributed by atoms with Crippen LogP contribution >= 0.6 is 0 Å². The van der Waals surface area contributed by atoms with Gasteiger partial charge in [-0.25, -0.2) is 4.39 Å². The van der Waals surface area contributed by atoms with Crippen molar-refractivity contribution in [1.29, 1.82) is 0 Å². The van der Waals surface area contributed by atoms with Gasteiger partial charge in [0.25, 0.3) is 0 Å². The van der Waals surface area contributed by atoms with Crippen molar-refractivity contribution in [1.82, 2.24) is 5.32 Å². The van der Waals surface area contributed by atoms with E-state index in [4.69, 9.17) is 0 Å². The Hall–Kier alpha value is -1.09. The quantitative estimate of drug-likeness (QED) is 0.864. The Balaban J connectivity index is 2.20. The molecule has 1 unspecified atom stereocenters. The first kappa shape index (κ1) is 12.4. The zero-order valence-corrected chi connectivity index (χ0v) is 10.7. The molecule has 1 saturated heterocycles. The van der Waals surface area contributed by atoms with Gasteiger partial charge in [-0.05, 0) is 44.0 Å². The molecule has 1 fully saturated rings. The zero-order chi connectivity index (χ0) is 12.3. The van der Waals surface area contributed by atoms with Gasteiger partial charge in [0.1, 0.15) is 5.82 Å². The Morgan fingerprint density at radius 1 is 1.47 bits per heavy atom. The van der Waals surface area contributed by atoms with Crippen LogP contribution in [0.25, 0.3) is 0 Å². The molecule has 17 heavy (non-hydrogen) atoms. The molecule has 0 aliphatic carbocycles. The number of halogens is 1. The maximum atomic E-state index is 14.1. The van der Waals surface area contributed by atoms with Gasteiger partial charge in [0, 0.05) is 19.1 Å². The fourth-order valence-electron chi connectivity index (χ4n) is 2.67. The van der Waals surface area contributed by atoms with E-state index in [1.165, 1.54) is 12.8 Å². The summed E-state index contributed by atoms with van der Waals surface area (Å²) in [6.45, 7) is 3.88. The van der Waals surface area contributed by atoms with Gasteiger partial charge in [-0.2, -0.15) is 0 Å². The third-order valence-electron chi connectivity index (χ3n) is 3.55. The maximum absolute atomic E-state index is 14.1. The van der Waals surface area contributed by atoms with Crippen molar-refractivity contribution in [2.24, 2.45) is 0 Å². The third kappa shape index (κ3) is 2.60. The molecule has 1 N–H and O–H groups in total. The van der Waals surface area contributed by atoms with Crippen LogP contribution in [-0.4, -0.2) is 19.6 Å². The molecule has 0 aromatic heterocycles. The number of hydrogen-bond acceptors (Lipinski definition) is 2. The van der Waals surface area contributed by atoms with E-state index in [1.54, 1.807) is 6.07 Å². The van der Waals surface area contributed by atoms with Crippen LogP contribution in [0.4, 0.5) is 10.1 Å². The zero-order valence-electron chi connectivity index (χ0n) is 10.7. The average Bonchev–Trinajstić information content (AvgIpc) is 2.77. The molecular weight excluding hydrogens is 215 g/mol. The number of rotatable bonds is 4. The summed E-state index contributed by atoms with van der Waals surface area (Å²) in [7, 11) is 1.87. The van der Waals surface area contributed by atoms with Crippen molar-refractivity contribution in [2.45, 2.75) is 38.8 Å². The molecule has 0 bridgehead atoms. The molecule has 94 valence electrons. The highest BCUT2D eigenvalue weighted by Gasteiger charge is 2.24. The molecule has 0 spiro atoms. The summed E-state index contributed by atoms with van der Waals surface area (Å²) in [5.74, 6) is -0.0851. The summed E-state index contributed by atoms with van der Waals surface area (Å²) >= 11 is 0. The smallest absolute Gasteiger partial charge is 0.146 e. The van der Waals surface area contributed by atoms with Gasteiger partial charge in [0.05, 0.1) is 5.69 Å². The second-order valence-electron chi connectivity index (χ2n) is 4.71. The SMILES string of the molecule is CCC1CCCN1c1ccc(CNC)cc1F. The Morgan fingerprint density at radius 3 is 2.94 bits per heavy atom. The minimum absolute atomic E-state index is 0.0851. The fourth-order valence-corrected chi connectivity index (χ4v) is 2.67. The molecule has 1 heterocycles. The molecule has 1 aromatic carbocycles. The van der Waals surface area contributed by atoms with Gasteiger partial charge in [-0.1, -0.05) is 13.0 Å². The minimum atomic E-state index is -0.0851. The first-order chi connectivity index (χ1) is 8.26. The van der Waals surface area contributed by atoms with Gasteiger partial charge >= 0.3 is 0 Å². The minimum Gasteiger partial charge on any atom is -0.366 e. The van der Waals surface area contributed by atoms with Gasteiger partial charge < -0.3 is 10.2 Å². The van der Waals surface area contributed by atoms with Crippen LogP contribution in [0.5, 0.6) is 0 Å². The van der Waals surface area contributed by atoms with Gasteiger partial charge in [-0.15, -0.1) is 0 Å². The lowest BCUT2D eigenvalue weighted by Crippen LogP contribution is -2.29. The predicted molar refractivity (Wildman–Crippen MR) is 69.8 cm³/mol. The number of hydrogen-bond donors (Lipinski definition) is 1. The lowest BCUT2D eigenvalue weighted by molar-refractivity contribution is 0.594. The molecule has 1 aliphatic rings. The number of benzene rings is 1. The van der Waals surface area contributed by atoms with Gasteiger partial charge in [0.2, 0.25) is 0 Å². The van der Waals surface area contributed by atoms with Crippen molar-refractivity contribution >= 4 is 5.69 Å². The Morgan fingerprint density at radius 2 is 2.29 bits per heavy atom. The predicted octanol–water partition coefficient (Wildman–Crippen LogP) is 2.92. The standard InChI is InChI=1S/C14H21FN2/c1-3-12-5-4-8-17(12)14-7-6-11(10-16-2)9-13(14)15/h6-7,9,12,16H,3-5,8,10H2,1-2H3. The van der Waals surface area contributed by atoms with E-state index >= 15 is 0 Å². The second-order valence-corrected chi connectivity index (χ2v) is 4.71. The topological polar surface area (TPSA) is 15.3 Å². The number of anilines is 1. The summed E-state index contributed by atoms with van der Waals surface area (Å²) in [5.41, 5.74) is 1.77. The van der Waals surface area contributed by atoms with Gasteiger partial charge in [-0.3, -0.25) is 0 Å². The van der Waals surface area contributed by atoms with Gasteiger partial charge in [0.15, 0.2) is 0 Å². The fraction of sp³-hybridized carbons (Fsp3) is 0.571. The van der Waals surface area contributed by atoms with Crippen LogP contribution in [0.15, 0.2) is 18.2 Å². The molecule has 0 radical (unpaired) electrons. The Bertz CT molecular complexity index is 378. The summed E-state index contributed by atoms with van der Waals surface area (Å²) in [4.78, 5) is 2.22. The van der Waals surface area contributed by atoms with Crippen molar-refractivity contribution < 1.29 is 4.39 Å². The van der Waals surface area contributed by atoms with Crippen molar-refractivity contribution in [3.63, 3.8) is 0 Å². The molecule has 0 amide bonds. The second kappa shape index (κ2) is 5.50. The van der Waals surface area contributed by atoms with E-state index in [-0.39, 0.29) is 5.82 Å². The highest BCUT2D eigenvalue weighted by molar-refractivity contribution is 5.51. The van der Waals surface area contributed by atoms with E-state index in [0.717, 1.165) is 24.2 Å². The molecule has 1 aliphatic heterocycles. The average molecular weight is 236 g/mol. The third-order valence-corrected chi connectivity index (χ3v) is 3.55. The first-order valence-electron chi connectivity index (χ1n) is 6.46. The van der Waals surface area contributed by atoms with Crippen LogP contribution < -0.4 is 10.2 Å². The normalized spacial score (nSPS) is 19.9. The molecule has 0 saturated carbocycles. The monoisotopic (exact) mass is 236 g/mol. The van der Waals surface area contributed by atoms with Crippen molar-refractivity contribution in [3.05, 3.63) is 29.6 Å². The highest BCUT2D eigenvalue weighted by atomic mass is 19.1. The number of nitrogens with zero attached hydrogens (tertiary/aromatic N) is 1. The molecule has 1 atom stereocenters. The lowest BCUT2D eigenvalue weighted by atomic mass is 10.1. The molecule has 1 aromatic rings. The lowest BCUT2D eigenvalue weighted by Gasteiger charge is -2.26.